The smallest absolute Gasteiger partial charge is 0.337 e. The Kier molecular flexibility index (Phi) is 4.75. The monoisotopic (exact) mass is 335 g/mol. The van der Waals surface area contributed by atoms with Crippen LogP contribution in [0.15, 0.2) is 60.2 Å². The van der Waals surface area contributed by atoms with E-state index in [0.717, 1.165) is 11.1 Å². The molecule has 1 heterocycles. The molecule has 2 amide bonds. The summed E-state index contributed by atoms with van der Waals surface area (Å²) in [6.45, 7) is 0.275. The number of benzene rings is 2. The van der Waals surface area contributed by atoms with E-state index in [2.05, 4.69) is 4.74 Å². The van der Waals surface area contributed by atoms with Gasteiger partial charge in [0.05, 0.1) is 25.6 Å². The molecule has 0 atom stereocenters. The summed E-state index contributed by atoms with van der Waals surface area (Å²) in [5.74, 6) is -0.891. The molecule has 0 bridgehead atoms. The second-order valence-electron chi connectivity index (χ2n) is 5.73. The molecule has 0 aliphatic carbocycles. The van der Waals surface area contributed by atoms with E-state index in [0.29, 0.717) is 11.1 Å². The van der Waals surface area contributed by atoms with Crippen molar-refractivity contribution in [3.63, 3.8) is 0 Å². The van der Waals surface area contributed by atoms with Crippen molar-refractivity contribution in [3.8, 4) is 0 Å². The van der Waals surface area contributed by atoms with Crippen molar-refractivity contribution in [1.29, 1.82) is 0 Å². The summed E-state index contributed by atoms with van der Waals surface area (Å²) in [4.78, 5) is 37.4. The molecular formula is C20H17NO4. The summed E-state index contributed by atoms with van der Waals surface area (Å²) in [7, 11) is 1.32. The minimum Gasteiger partial charge on any atom is -0.465 e. The Hall–Kier alpha value is -3.21. The molecule has 25 heavy (non-hydrogen) atoms. The standard InChI is InChI=1S/C20H17NO4/c1-25-20(24)16-9-7-14(8-10-16)11-17-12-18(22)21(19(17)23)13-15-5-3-2-4-6-15/h2-11H,12-13H2,1H3. The molecule has 1 saturated heterocycles. The minimum atomic E-state index is -0.416. The molecule has 0 spiro atoms. The van der Waals surface area contributed by atoms with Gasteiger partial charge in [0.1, 0.15) is 0 Å². The molecule has 0 unspecified atom stereocenters. The van der Waals surface area contributed by atoms with Gasteiger partial charge in [-0.1, -0.05) is 42.5 Å². The number of likely N-dealkylation sites (tertiary alicyclic amines) is 1. The lowest BCUT2D eigenvalue weighted by Gasteiger charge is -2.13. The number of rotatable bonds is 4. The highest BCUT2D eigenvalue weighted by Crippen LogP contribution is 2.23. The number of hydrogen-bond donors (Lipinski definition) is 0. The Bertz CT molecular complexity index is 838. The van der Waals surface area contributed by atoms with Gasteiger partial charge in [0.25, 0.3) is 5.91 Å². The number of ether oxygens (including phenoxy) is 1. The van der Waals surface area contributed by atoms with Crippen molar-refractivity contribution in [1.82, 2.24) is 4.90 Å². The van der Waals surface area contributed by atoms with Crippen LogP contribution in [0, 0.1) is 0 Å². The van der Waals surface area contributed by atoms with Gasteiger partial charge in [-0.3, -0.25) is 14.5 Å². The van der Waals surface area contributed by atoms with Crippen molar-refractivity contribution >= 4 is 23.9 Å². The highest BCUT2D eigenvalue weighted by molar-refractivity contribution is 6.15. The summed E-state index contributed by atoms with van der Waals surface area (Å²) in [5.41, 5.74) is 2.55. The van der Waals surface area contributed by atoms with Gasteiger partial charge in [0, 0.05) is 5.57 Å². The number of nitrogens with zero attached hydrogens (tertiary/aromatic N) is 1. The predicted octanol–water partition coefficient (Wildman–Crippen LogP) is 2.82. The third-order valence-electron chi connectivity index (χ3n) is 4.02. The molecule has 0 aromatic heterocycles. The normalized spacial score (nSPS) is 15.7. The molecular weight excluding hydrogens is 318 g/mol. The van der Waals surface area contributed by atoms with Gasteiger partial charge in [-0.15, -0.1) is 0 Å². The lowest BCUT2D eigenvalue weighted by Crippen LogP contribution is -2.28. The van der Waals surface area contributed by atoms with Crippen LogP contribution < -0.4 is 0 Å². The lowest BCUT2D eigenvalue weighted by molar-refractivity contribution is -0.138. The first kappa shape index (κ1) is 16.6. The quantitative estimate of drug-likeness (QED) is 0.490. The number of carbonyl (C=O) groups is 3. The third kappa shape index (κ3) is 3.66. The van der Waals surface area contributed by atoms with E-state index in [4.69, 9.17) is 0 Å². The van der Waals surface area contributed by atoms with Crippen molar-refractivity contribution in [2.75, 3.05) is 7.11 Å². The highest BCUT2D eigenvalue weighted by atomic mass is 16.5. The van der Waals surface area contributed by atoms with Gasteiger partial charge >= 0.3 is 5.97 Å². The molecule has 2 aromatic carbocycles. The molecule has 5 nitrogen and oxygen atoms in total. The summed E-state index contributed by atoms with van der Waals surface area (Å²) in [5, 5.41) is 0. The van der Waals surface area contributed by atoms with Gasteiger partial charge < -0.3 is 4.74 Å². The average Bonchev–Trinajstić information content (AvgIpc) is 2.90. The highest BCUT2D eigenvalue weighted by Gasteiger charge is 2.33. The molecule has 1 aliphatic heterocycles. The van der Waals surface area contributed by atoms with Crippen LogP contribution in [-0.2, 0) is 20.9 Å². The first-order valence-corrected chi connectivity index (χ1v) is 7.86. The topological polar surface area (TPSA) is 63.7 Å². The Morgan fingerprint density at radius 3 is 2.40 bits per heavy atom. The van der Waals surface area contributed by atoms with Gasteiger partial charge in [-0.25, -0.2) is 4.79 Å². The summed E-state index contributed by atoms with van der Waals surface area (Å²) in [6.07, 6.45) is 1.77. The molecule has 5 heteroatoms. The number of imide groups is 1. The second kappa shape index (κ2) is 7.13. The zero-order valence-corrected chi connectivity index (χ0v) is 13.8. The zero-order valence-electron chi connectivity index (χ0n) is 13.8. The third-order valence-corrected chi connectivity index (χ3v) is 4.02. The van der Waals surface area contributed by atoms with Crippen LogP contribution in [0.4, 0.5) is 0 Å². The molecule has 0 radical (unpaired) electrons. The Balaban J connectivity index is 1.77. The van der Waals surface area contributed by atoms with E-state index in [1.165, 1.54) is 12.0 Å². The van der Waals surface area contributed by atoms with Crippen molar-refractivity contribution in [2.24, 2.45) is 0 Å². The van der Waals surface area contributed by atoms with Gasteiger partial charge in [-0.2, -0.15) is 0 Å². The van der Waals surface area contributed by atoms with Crippen LogP contribution in [-0.4, -0.2) is 29.8 Å². The zero-order chi connectivity index (χ0) is 17.8. The molecule has 126 valence electrons. The summed E-state index contributed by atoms with van der Waals surface area (Å²) < 4.78 is 4.65. The van der Waals surface area contributed by atoms with Gasteiger partial charge in [0.2, 0.25) is 5.91 Å². The molecule has 1 fully saturated rings. The number of amides is 2. The lowest BCUT2D eigenvalue weighted by atomic mass is 10.1. The fourth-order valence-electron chi connectivity index (χ4n) is 2.69. The maximum Gasteiger partial charge on any atom is 0.337 e. The van der Waals surface area contributed by atoms with Crippen LogP contribution in [0.1, 0.15) is 27.9 Å². The Morgan fingerprint density at radius 1 is 1.08 bits per heavy atom. The Morgan fingerprint density at radius 2 is 1.76 bits per heavy atom. The SMILES string of the molecule is COC(=O)c1ccc(C=C2CC(=O)N(Cc3ccccc3)C2=O)cc1. The molecule has 0 N–H and O–H groups in total. The van der Waals surface area contributed by atoms with Crippen molar-refractivity contribution in [3.05, 3.63) is 76.9 Å². The number of carbonyl (C=O) groups excluding carboxylic acids is 3. The largest absolute Gasteiger partial charge is 0.465 e. The van der Waals surface area contributed by atoms with Gasteiger partial charge in [-0.05, 0) is 29.3 Å². The summed E-state index contributed by atoms with van der Waals surface area (Å²) in [6, 6.07) is 16.1. The van der Waals surface area contributed by atoms with E-state index in [-0.39, 0.29) is 24.8 Å². The number of esters is 1. The van der Waals surface area contributed by atoms with Crippen LogP contribution >= 0.6 is 0 Å². The van der Waals surface area contributed by atoms with Gasteiger partial charge in [0.15, 0.2) is 0 Å². The Labute approximate surface area is 145 Å². The molecule has 3 rings (SSSR count). The number of hydrogen-bond acceptors (Lipinski definition) is 4. The fourth-order valence-corrected chi connectivity index (χ4v) is 2.69. The van der Waals surface area contributed by atoms with Crippen molar-refractivity contribution in [2.45, 2.75) is 13.0 Å². The van der Waals surface area contributed by atoms with Crippen LogP contribution in [0.25, 0.3) is 6.08 Å². The van der Waals surface area contributed by atoms with Crippen LogP contribution in [0.3, 0.4) is 0 Å². The summed E-state index contributed by atoms with van der Waals surface area (Å²) >= 11 is 0. The molecule has 2 aromatic rings. The average molecular weight is 335 g/mol. The minimum absolute atomic E-state index is 0.0877. The van der Waals surface area contributed by atoms with E-state index >= 15 is 0 Å². The van der Waals surface area contributed by atoms with Crippen LogP contribution in [0.2, 0.25) is 0 Å². The number of methoxy groups -OCH3 is 1. The maximum absolute atomic E-state index is 12.5. The van der Waals surface area contributed by atoms with E-state index in [9.17, 15) is 14.4 Å². The molecule has 0 saturated carbocycles. The second-order valence-corrected chi connectivity index (χ2v) is 5.73. The van der Waals surface area contributed by atoms with Crippen LogP contribution in [0.5, 0.6) is 0 Å². The first-order chi connectivity index (χ1) is 12.1. The van der Waals surface area contributed by atoms with Crippen molar-refractivity contribution < 1.29 is 19.1 Å². The first-order valence-electron chi connectivity index (χ1n) is 7.86. The maximum atomic E-state index is 12.5. The molecule has 1 aliphatic rings. The predicted molar refractivity (Wildman–Crippen MR) is 92.4 cm³/mol. The van der Waals surface area contributed by atoms with E-state index in [1.807, 2.05) is 30.3 Å². The fraction of sp³-hybridized carbons (Fsp3) is 0.150. The van der Waals surface area contributed by atoms with E-state index < -0.39 is 5.97 Å². The van der Waals surface area contributed by atoms with E-state index in [1.54, 1.807) is 30.3 Å².